The highest BCUT2D eigenvalue weighted by molar-refractivity contribution is 7.91. The minimum atomic E-state index is -3.24. The predicted molar refractivity (Wildman–Crippen MR) is 126 cm³/mol. The Bertz CT molecular complexity index is 1170. The zero-order valence-corrected chi connectivity index (χ0v) is 19.5. The smallest absolute Gasteiger partial charge is 0.222 e. The Hall–Kier alpha value is -2.33. The summed E-state index contributed by atoms with van der Waals surface area (Å²) in [6, 6.07) is 13.8. The molecular formula is C21H23ClN4O3S2. The first-order chi connectivity index (χ1) is 14.6. The Morgan fingerprint density at radius 1 is 1.16 bits per heavy atom. The molecule has 3 rings (SSSR count). The summed E-state index contributed by atoms with van der Waals surface area (Å²) in [5.41, 5.74) is 9.10. The van der Waals surface area contributed by atoms with Crippen LogP contribution in [0.1, 0.15) is 11.1 Å². The number of sulfone groups is 1. The van der Waals surface area contributed by atoms with Gasteiger partial charge in [0, 0.05) is 28.5 Å². The van der Waals surface area contributed by atoms with Gasteiger partial charge in [-0.15, -0.1) is 0 Å². The number of anilines is 2. The Balaban J connectivity index is 1.60. The molecule has 164 valence electrons. The highest BCUT2D eigenvalue weighted by Gasteiger charge is 2.12. The van der Waals surface area contributed by atoms with Gasteiger partial charge in [0.15, 0.2) is 9.84 Å². The Kier molecular flexibility index (Phi) is 7.42. The molecule has 3 aromatic rings. The summed E-state index contributed by atoms with van der Waals surface area (Å²) in [6.45, 7) is 2.34. The van der Waals surface area contributed by atoms with Crippen LogP contribution in [0.4, 0.5) is 11.8 Å². The third-order valence-corrected chi connectivity index (χ3v) is 7.45. The topological polar surface area (TPSA) is 121 Å². The van der Waals surface area contributed by atoms with Crippen LogP contribution < -0.4 is 11.1 Å². The molecule has 0 saturated heterocycles. The molecule has 1 aromatic heterocycles. The number of nitrogens with one attached hydrogen (secondary N) is 1. The van der Waals surface area contributed by atoms with Gasteiger partial charge in [-0.2, -0.15) is 4.98 Å². The molecule has 0 bridgehead atoms. The summed E-state index contributed by atoms with van der Waals surface area (Å²) in [5.74, 6) is 1.40. The Labute approximate surface area is 190 Å². The van der Waals surface area contributed by atoms with Crippen molar-refractivity contribution in [1.82, 2.24) is 9.97 Å². The van der Waals surface area contributed by atoms with Gasteiger partial charge in [0.05, 0.1) is 17.1 Å². The maximum Gasteiger partial charge on any atom is 0.222 e. The van der Waals surface area contributed by atoms with Crippen molar-refractivity contribution in [3.05, 3.63) is 64.7 Å². The first-order valence-corrected chi connectivity index (χ1v) is 13.2. The second-order valence-corrected chi connectivity index (χ2v) is 11.0. The van der Waals surface area contributed by atoms with Crippen molar-refractivity contribution in [3.8, 4) is 11.3 Å². The first kappa shape index (κ1) is 23.3. The van der Waals surface area contributed by atoms with Gasteiger partial charge in [-0.05, 0) is 41.9 Å². The van der Waals surface area contributed by atoms with Crippen LogP contribution in [0, 0.1) is 6.92 Å². The molecule has 2 aromatic carbocycles. The van der Waals surface area contributed by atoms with E-state index in [0.29, 0.717) is 34.6 Å². The maximum absolute atomic E-state index is 12.4. The number of aromatic nitrogens is 2. The van der Waals surface area contributed by atoms with Gasteiger partial charge in [-0.3, -0.25) is 0 Å². The molecule has 1 heterocycles. The largest absolute Gasteiger partial charge is 0.616 e. The number of nitrogen functional groups attached to an aromatic ring is 1. The predicted octanol–water partition coefficient (Wildman–Crippen LogP) is 3.45. The van der Waals surface area contributed by atoms with E-state index in [1.165, 1.54) is 12.1 Å². The first-order valence-electron chi connectivity index (χ1n) is 9.41. The third kappa shape index (κ3) is 6.33. The molecule has 0 aliphatic heterocycles. The maximum atomic E-state index is 12.4. The van der Waals surface area contributed by atoms with Gasteiger partial charge in [0.25, 0.3) is 0 Å². The summed E-state index contributed by atoms with van der Waals surface area (Å²) >= 11 is 5.08. The summed E-state index contributed by atoms with van der Waals surface area (Å²) in [7, 11) is -3.24. The minimum absolute atomic E-state index is 0.131. The van der Waals surface area contributed by atoms with Crippen LogP contribution in [0.25, 0.3) is 11.3 Å². The van der Waals surface area contributed by atoms with E-state index in [4.69, 9.17) is 17.3 Å². The van der Waals surface area contributed by atoms with E-state index in [2.05, 4.69) is 15.3 Å². The number of halogens is 1. The number of nitrogens with zero attached hydrogens (tertiary/aromatic N) is 2. The Morgan fingerprint density at radius 3 is 2.55 bits per heavy atom. The molecule has 0 fully saturated rings. The molecule has 1 unspecified atom stereocenters. The molecule has 31 heavy (non-hydrogen) atoms. The van der Waals surface area contributed by atoms with E-state index >= 15 is 0 Å². The van der Waals surface area contributed by atoms with Crippen molar-refractivity contribution in [2.24, 2.45) is 0 Å². The molecule has 0 radical (unpaired) electrons. The quantitative estimate of drug-likeness (QED) is 0.475. The molecule has 1 atom stereocenters. The van der Waals surface area contributed by atoms with Crippen molar-refractivity contribution in [2.75, 3.05) is 29.6 Å². The van der Waals surface area contributed by atoms with Gasteiger partial charge in [-0.25, -0.2) is 13.4 Å². The standard InChI is InChI=1S/C21H23ClN4O3S2/c1-14-17(4-3-5-18(14)22)19-12-20(26-21(23)25-19)24-10-11-30(27)13-15-6-8-16(9-7-15)31(2,28)29/h3-9,12H,10-11,13H2,1-2H3,(H3,23,24,25,26). The van der Waals surface area contributed by atoms with E-state index in [1.807, 2.05) is 25.1 Å². The fourth-order valence-electron chi connectivity index (χ4n) is 2.96. The summed E-state index contributed by atoms with van der Waals surface area (Å²) in [4.78, 5) is 8.73. The molecular weight excluding hydrogens is 456 g/mol. The zero-order chi connectivity index (χ0) is 22.6. The number of hydrogen-bond donors (Lipinski definition) is 2. The number of benzene rings is 2. The minimum Gasteiger partial charge on any atom is -0.616 e. The van der Waals surface area contributed by atoms with E-state index in [0.717, 1.165) is 22.9 Å². The molecule has 10 heteroatoms. The van der Waals surface area contributed by atoms with Crippen LogP contribution in [0.15, 0.2) is 53.4 Å². The molecule has 0 amide bonds. The fourth-order valence-corrected chi connectivity index (χ4v) is 4.81. The molecule has 0 aliphatic rings. The van der Waals surface area contributed by atoms with Crippen LogP contribution in [0.5, 0.6) is 0 Å². The van der Waals surface area contributed by atoms with Crippen molar-refractivity contribution in [1.29, 1.82) is 0 Å². The number of hydrogen-bond acceptors (Lipinski definition) is 7. The number of nitrogens with two attached hydrogens (primary N) is 1. The van der Waals surface area contributed by atoms with Crippen molar-refractivity contribution < 1.29 is 13.0 Å². The van der Waals surface area contributed by atoms with Gasteiger partial charge >= 0.3 is 0 Å². The van der Waals surface area contributed by atoms with Crippen LogP contribution >= 0.6 is 11.6 Å². The molecule has 0 saturated carbocycles. The summed E-state index contributed by atoms with van der Waals surface area (Å²) < 4.78 is 35.4. The van der Waals surface area contributed by atoms with Crippen molar-refractivity contribution in [2.45, 2.75) is 17.6 Å². The van der Waals surface area contributed by atoms with E-state index in [9.17, 15) is 13.0 Å². The van der Waals surface area contributed by atoms with E-state index < -0.39 is 21.0 Å². The van der Waals surface area contributed by atoms with Gasteiger partial charge in [0.2, 0.25) is 5.95 Å². The Morgan fingerprint density at radius 2 is 1.87 bits per heavy atom. The van der Waals surface area contributed by atoms with E-state index in [1.54, 1.807) is 18.2 Å². The zero-order valence-electron chi connectivity index (χ0n) is 17.1. The number of rotatable bonds is 8. The van der Waals surface area contributed by atoms with Crippen LogP contribution in [0.2, 0.25) is 5.02 Å². The summed E-state index contributed by atoms with van der Waals surface area (Å²) in [5, 5.41) is 3.78. The van der Waals surface area contributed by atoms with E-state index in [-0.39, 0.29) is 10.8 Å². The average Bonchev–Trinajstić information content (AvgIpc) is 2.69. The van der Waals surface area contributed by atoms with Crippen LogP contribution in [-0.4, -0.2) is 41.5 Å². The molecule has 7 nitrogen and oxygen atoms in total. The molecule has 0 spiro atoms. The second kappa shape index (κ2) is 9.86. The van der Waals surface area contributed by atoms with Crippen molar-refractivity contribution >= 4 is 44.4 Å². The normalized spacial score (nSPS) is 12.5. The average molecular weight is 479 g/mol. The fraction of sp³-hybridized carbons (Fsp3) is 0.238. The van der Waals surface area contributed by atoms with Crippen molar-refractivity contribution in [3.63, 3.8) is 0 Å². The monoisotopic (exact) mass is 478 g/mol. The van der Waals surface area contributed by atoms with Gasteiger partial charge in [-0.1, -0.05) is 35.9 Å². The lowest BCUT2D eigenvalue weighted by Crippen LogP contribution is -2.18. The highest BCUT2D eigenvalue weighted by atomic mass is 35.5. The lowest BCUT2D eigenvalue weighted by atomic mass is 10.1. The second-order valence-electron chi connectivity index (χ2n) is 7.04. The lowest BCUT2D eigenvalue weighted by molar-refractivity contribution is 0.594. The van der Waals surface area contributed by atoms with Crippen LogP contribution in [0.3, 0.4) is 0 Å². The lowest BCUT2D eigenvalue weighted by Gasteiger charge is -2.13. The molecule has 0 aliphatic carbocycles. The highest BCUT2D eigenvalue weighted by Crippen LogP contribution is 2.28. The van der Waals surface area contributed by atoms with Gasteiger partial charge in [0.1, 0.15) is 17.3 Å². The molecule has 3 N–H and O–H groups in total. The SMILES string of the molecule is Cc1c(Cl)cccc1-c1cc(NCC[S+]([O-])Cc2ccc(S(C)(=O)=O)cc2)nc(N)n1. The van der Waals surface area contributed by atoms with Crippen LogP contribution in [-0.2, 0) is 26.8 Å². The van der Waals surface area contributed by atoms with Gasteiger partial charge < -0.3 is 15.6 Å². The third-order valence-electron chi connectivity index (χ3n) is 4.60. The summed E-state index contributed by atoms with van der Waals surface area (Å²) in [6.07, 6.45) is 1.16.